The zero-order valence-corrected chi connectivity index (χ0v) is 11.6. The van der Waals surface area contributed by atoms with Gasteiger partial charge < -0.3 is 20.6 Å². The van der Waals surface area contributed by atoms with Crippen molar-refractivity contribution in [1.82, 2.24) is 5.32 Å². The Morgan fingerprint density at radius 3 is 2.50 bits per heavy atom. The van der Waals surface area contributed by atoms with Crippen molar-refractivity contribution in [2.75, 3.05) is 6.54 Å². The monoisotopic (exact) mass is 301 g/mol. The first-order valence-corrected chi connectivity index (χ1v) is 6.34. The molecular formula is C13H16ClNO5. The summed E-state index contributed by atoms with van der Waals surface area (Å²) in [6, 6.07) is 3.96. The highest BCUT2D eigenvalue weighted by Gasteiger charge is 2.20. The molecule has 110 valence electrons. The molecule has 0 aliphatic rings. The minimum atomic E-state index is -1.20. The van der Waals surface area contributed by atoms with Crippen LogP contribution in [0.25, 0.3) is 0 Å². The van der Waals surface area contributed by atoms with E-state index >= 15 is 0 Å². The maximum atomic E-state index is 10.8. The van der Waals surface area contributed by atoms with E-state index in [1.54, 1.807) is 0 Å². The van der Waals surface area contributed by atoms with E-state index in [4.69, 9.17) is 16.7 Å². The molecule has 0 aliphatic heterocycles. The van der Waals surface area contributed by atoms with Crippen LogP contribution in [0.1, 0.15) is 35.4 Å². The second-order valence-corrected chi connectivity index (χ2v) is 4.74. The van der Waals surface area contributed by atoms with Gasteiger partial charge in [0.1, 0.15) is 6.10 Å². The smallest absolute Gasteiger partial charge is 0.337 e. The Morgan fingerprint density at radius 2 is 2.00 bits per heavy atom. The van der Waals surface area contributed by atoms with Crippen molar-refractivity contribution in [3.63, 3.8) is 0 Å². The van der Waals surface area contributed by atoms with Crippen molar-refractivity contribution in [2.45, 2.75) is 25.6 Å². The first-order chi connectivity index (χ1) is 9.32. The second-order valence-electron chi connectivity index (χ2n) is 4.33. The average molecular weight is 302 g/mol. The fourth-order valence-corrected chi connectivity index (χ4v) is 1.93. The number of aliphatic hydroxyl groups is 2. The molecule has 1 rings (SSSR count). The van der Waals surface area contributed by atoms with E-state index in [2.05, 4.69) is 5.32 Å². The lowest BCUT2D eigenvalue weighted by Crippen LogP contribution is -2.27. The zero-order chi connectivity index (χ0) is 15.3. The summed E-state index contributed by atoms with van der Waals surface area (Å²) in [5.74, 6) is -1.39. The molecule has 0 saturated heterocycles. The van der Waals surface area contributed by atoms with Crippen LogP contribution >= 0.6 is 11.6 Å². The van der Waals surface area contributed by atoms with E-state index < -0.39 is 18.2 Å². The molecule has 7 heteroatoms. The van der Waals surface area contributed by atoms with Crippen LogP contribution in [-0.4, -0.2) is 39.8 Å². The van der Waals surface area contributed by atoms with Gasteiger partial charge in [0.05, 0.1) is 16.7 Å². The van der Waals surface area contributed by atoms with Gasteiger partial charge in [-0.25, -0.2) is 4.79 Å². The van der Waals surface area contributed by atoms with E-state index in [-0.39, 0.29) is 29.5 Å². The number of carboxylic acid groups (broad SMARTS) is 1. The molecule has 1 aromatic carbocycles. The molecular weight excluding hydrogens is 286 g/mol. The quantitative estimate of drug-likeness (QED) is 0.626. The van der Waals surface area contributed by atoms with Gasteiger partial charge in [0.15, 0.2) is 0 Å². The normalized spacial score (nSPS) is 13.6. The molecule has 0 spiro atoms. The molecule has 1 amide bonds. The summed E-state index contributed by atoms with van der Waals surface area (Å²) in [5, 5.41) is 31.1. The fourth-order valence-electron chi connectivity index (χ4n) is 1.66. The highest BCUT2D eigenvalue weighted by atomic mass is 35.5. The number of halogens is 1. The number of carbonyl (C=O) groups is 2. The van der Waals surface area contributed by atoms with Crippen LogP contribution in [0, 0.1) is 0 Å². The number of aliphatic hydroxyl groups excluding tert-OH is 2. The maximum Gasteiger partial charge on any atom is 0.337 e. The van der Waals surface area contributed by atoms with Gasteiger partial charge >= 0.3 is 5.97 Å². The van der Waals surface area contributed by atoms with Crippen molar-refractivity contribution in [3.05, 3.63) is 34.3 Å². The zero-order valence-electron chi connectivity index (χ0n) is 10.8. The lowest BCUT2D eigenvalue weighted by molar-refractivity contribution is -0.119. The standard InChI is InChI=1S/C13H16ClNO5/c1-7(16)15-5-4-11(17)12(18)8-2-3-9(13(19)20)10(14)6-8/h2-3,6,11-12,17-18H,4-5H2,1H3,(H,15,16)(H,19,20). The molecule has 20 heavy (non-hydrogen) atoms. The Bertz CT molecular complexity index is 506. The molecule has 0 radical (unpaired) electrons. The van der Waals surface area contributed by atoms with E-state index in [0.29, 0.717) is 5.56 Å². The van der Waals surface area contributed by atoms with Crippen molar-refractivity contribution in [1.29, 1.82) is 0 Å². The molecule has 1 aromatic rings. The summed E-state index contributed by atoms with van der Waals surface area (Å²) in [5.41, 5.74) is 0.241. The van der Waals surface area contributed by atoms with Gasteiger partial charge in [0.25, 0.3) is 0 Å². The van der Waals surface area contributed by atoms with E-state index in [1.807, 2.05) is 0 Å². The van der Waals surface area contributed by atoms with Crippen LogP contribution in [0.2, 0.25) is 5.02 Å². The van der Waals surface area contributed by atoms with Crippen molar-refractivity contribution >= 4 is 23.5 Å². The molecule has 0 fully saturated rings. The minimum Gasteiger partial charge on any atom is -0.478 e. The second kappa shape index (κ2) is 7.23. The molecule has 4 N–H and O–H groups in total. The van der Waals surface area contributed by atoms with Crippen LogP contribution in [0.3, 0.4) is 0 Å². The Kier molecular flexibility index (Phi) is 5.94. The van der Waals surface area contributed by atoms with Gasteiger partial charge in [-0.1, -0.05) is 17.7 Å². The van der Waals surface area contributed by atoms with E-state index in [1.165, 1.54) is 25.1 Å². The van der Waals surface area contributed by atoms with Crippen molar-refractivity contribution in [3.8, 4) is 0 Å². The average Bonchev–Trinajstić information content (AvgIpc) is 2.36. The lowest BCUT2D eigenvalue weighted by Gasteiger charge is -2.18. The topological polar surface area (TPSA) is 107 Å². The number of nitrogens with one attached hydrogen (secondary N) is 1. The minimum absolute atomic E-state index is 0.0110. The van der Waals surface area contributed by atoms with E-state index in [0.717, 1.165) is 0 Å². The van der Waals surface area contributed by atoms with Gasteiger partial charge in [-0.2, -0.15) is 0 Å². The summed E-state index contributed by atoms with van der Waals surface area (Å²) in [6.45, 7) is 1.59. The Balaban J connectivity index is 2.71. The van der Waals surface area contributed by atoms with Crippen molar-refractivity contribution < 1.29 is 24.9 Å². The molecule has 2 atom stereocenters. The maximum absolute atomic E-state index is 10.8. The summed E-state index contributed by atoms with van der Waals surface area (Å²) in [6.07, 6.45) is -2.13. The lowest BCUT2D eigenvalue weighted by atomic mass is 10.0. The number of rotatable bonds is 6. The molecule has 0 aliphatic carbocycles. The number of benzene rings is 1. The predicted molar refractivity (Wildman–Crippen MR) is 72.7 cm³/mol. The Hall–Kier alpha value is -1.63. The van der Waals surface area contributed by atoms with Gasteiger partial charge in [-0.15, -0.1) is 0 Å². The van der Waals surface area contributed by atoms with Gasteiger partial charge in [-0.3, -0.25) is 4.79 Å². The Morgan fingerprint density at radius 1 is 1.35 bits per heavy atom. The molecule has 0 aromatic heterocycles. The number of carboxylic acids is 1. The molecule has 0 saturated carbocycles. The highest BCUT2D eigenvalue weighted by Crippen LogP contribution is 2.24. The highest BCUT2D eigenvalue weighted by molar-refractivity contribution is 6.33. The summed E-state index contributed by atoms with van der Waals surface area (Å²) >= 11 is 5.79. The van der Waals surface area contributed by atoms with Crippen LogP contribution < -0.4 is 5.32 Å². The first kappa shape index (κ1) is 16.4. The van der Waals surface area contributed by atoms with Crippen LogP contribution in [0.15, 0.2) is 18.2 Å². The van der Waals surface area contributed by atoms with Gasteiger partial charge in [0, 0.05) is 13.5 Å². The number of hydrogen-bond acceptors (Lipinski definition) is 4. The third-order valence-electron chi connectivity index (χ3n) is 2.74. The third kappa shape index (κ3) is 4.48. The molecule has 0 bridgehead atoms. The molecule has 2 unspecified atom stereocenters. The Labute approximate surface area is 121 Å². The van der Waals surface area contributed by atoms with Crippen LogP contribution in [0.4, 0.5) is 0 Å². The SMILES string of the molecule is CC(=O)NCCC(O)C(O)c1ccc(C(=O)O)c(Cl)c1. The first-order valence-electron chi connectivity index (χ1n) is 5.96. The molecule has 0 heterocycles. The van der Waals surface area contributed by atoms with Gasteiger partial charge in [-0.05, 0) is 24.1 Å². The fraction of sp³-hybridized carbons (Fsp3) is 0.385. The molecule has 6 nitrogen and oxygen atoms in total. The van der Waals surface area contributed by atoms with E-state index in [9.17, 15) is 19.8 Å². The number of carbonyl (C=O) groups excluding carboxylic acids is 1. The van der Waals surface area contributed by atoms with Gasteiger partial charge in [0.2, 0.25) is 5.91 Å². The predicted octanol–water partition coefficient (Wildman–Crippen LogP) is 0.959. The van der Waals surface area contributed by atoms with Crippen LogP contribution in [-0.2, 0) is 4.79 Å². The summed E-state index contributed by atoms with van der Waals surface area (Å²) in [4.78, 5) is 21.5. The summed E-state index contributed by atoms with van der Waals surface area (Å²) < 4.78 is 0. The van der Waals surface area contributed by atoms with Crippen LogP contribution in [0.5, 0.6) is 0 Å². The third-order valence-corrected chi connectivity index (χ3v) is 3.06. The largest absolute Gasteiger partial charge is 0.478 e. The number of amides is 1. The van der Waals surface area contributed by atoms with Crippen molar-refractivity contribution in [2.24, 2.45) is 0 Å². The summed E-state index contributed by atoms with van der Waals surface area (Å²) in [7, 11) is 0. The number of aromatic carboxylic acids is 1. The number of hydrogen-bond donors (Lipinski definition) is 4.